The normalized spacial score (nSPS) is 19.9. The largest absolute Gasteiger partial charge is 0.338 e. The third kappa shape index (κ3) is 4.33. The van der Waals surface area contributed by atoms with Crippen LogP contribution >= 0.6 is 11.6 Å². The number of hydrogen-bond acceptors (Lipinski definition) is 3. The highest BCUT2D eigenvalue weighted by molar-refractivity contribution is 7.91. The average molecular weight is 349 g/mol. The first kappa shape index (κ1) is 17.0. The summed E-state index contributed by atoms with van der Waals surface area (Å²) in [4.78, 5) is 13.3. The summed E-state index contributed by atoms with van der Waals surface area (Å²) in [5, 5.41) is 2.94. The Morgan fingerprint density at radius 1 is 1.50 bits per heavy atom. The summed E-state index contributed by atoms with van der Waals surface area (Å²) >= 11 is 5.93. The summed E-state index contributed by atoms with van der Waals surface area (Å²) in [6.45, 7) is 0.341. The van der Waals surface area contributed by atoms with Crippen LogP contribution in [0.4, 0.5) is 9.18 Å². The molecule has 0 aliphatic carbocycles. The van der Waals surface area contributed by atoms with Crippen molar-refractivity contribution in [2.45, 2.75) is 13.0 Å². The molecule has 1 unspecified atom stereocenters. The number of nitrogens with zero attached hydrogens (tertiary/aromatic N) is 1. The minimum absolute atomic E-state index is 0.0420. The number of sulfone groups is 1. The van der Waals surface area contributed by atoms with Gasteiger partial charge in [0.15, 0.2) is 9.84 Å². The lowest BCUT2D eigenvalue weighted by atomic mass is 10.1. The van der Waals surface area contributed by atoms with E-state index in [0.717, 1.165) is 0 Å². The Labute approximate surface area is 134 Å². The van der Waals surface area contributed by atoms with Crippen molar-refractivity contribution >= 4 is 27.5 Å². The summed E-state index contributed by atoms with van der Waals surface area (Å²) in [7, 11) is -1.42. The number of carbonyl (C=O) groups excluding carboxylic acids is 1. The summed E-state index contributed by atoms with van der Waals surface area (Å²) in [5.74, 6) is -0.238. The second-order valence-corrected chi connectivity index (χ2v) is 8.15. The second-order valence-electron chi connectivity index (χ2n) is 5.51. The number of rotatable bonds is 4. The number of hydrogen-bond donors (Lipinski definition) is 1. The van der Waals surface area contributed by atoms with Crippen molar-refractivity contribution in [1.29, 1.82) is 0 Å². The maximum Gasteiger partial charge on any atom is 0.317 e. The molecule has 1 aromatic rings. The Hall–Kier alpha value is -1.34. The lowest BCUT2D eigenvalue weighted by Gasteiger charge is -2.20. The van der Waals surface area contributed by atoms with Gasteiger partial charge in [-0.15, -0.1) is 0 Å². The van der Waals surface area contributed by atoms with Crippen LogP contribution in [0.3, 0.4) is 0 Å². The molecule has 1 heterocycles. The zero-order valence-electron chi connectivity index (χ0n) is 12.2. The molecule has 1 saturated heterocycles. The van der Waals surface area contributed by atoms with Gasteiger partial charge >= 0.3 is 6.03 Å². The average Bonchev–Trinajstić information content (AvgIpc) is 2.79. The van der Waals surface area contributed by atoms with E-state index in [1.807, 2.05) is 0 Å². The predicted octanol–water partition coefficient (Wildman–Crippen LogP) is 2.06. The monoisotopic (exact) mass is 348 g/mol. The highest BCUT2D eigenvalue weighted by atomic mass is 35.5. The van der Waals surface area contributed by atoms with E-state index in [1.165, 1.54) is 24.1 Å². The smallest absolute Gasteiger partial charge is 0.317 e. The van der Waals surface area contributed by atoms with E-state index in [9.17, 15) is 17.6 Å². The first-order chi connectivity index (χ1) is 10.3. The zero-order chi connectivity index (χ0) is 16.3. The molecule has 1 aromatic carbocycles. The van der Waals surface area contributed by atoms with E-state index in [-0.39, 0.29) is 40.6 Å². The van der Waals surface area contributed by atoms with Crippen LogP contribution in [0.2, 0.25) is 5.02 Å². The minimum Gasteiger partial charge on any atom is -0.338 e. The van der Waals surface area contributed by atoms with E-state index < -0.39 is 15.7 Å². The van der Waals surface area contributed by atoms with Gasteiger partial charge in [-0.3, -0.25) is 0 Å². The van der Waals surface area contributed by atoms with Crippen molar-refractivity contribution < 1.29 is 17.6 Å². The molecule has 2 rings (SSSR count). The van der Waals surface area contributed by atoms with Crippen LogP contribution in [0.1, 0.15) is 12.0 Å². The topological polar surface area (TPSA) is 66.5 Å². The van der Waals surface area contributed by atoms with E-state index in [1.54, 1.807) is 6.07 Å². The lowest BCUT2D eigenvalue weighted by molar-refractivity contribution is 0.205. The van der Waals surface area contributed by atoms with Crippen molar-refractivity contribution in [3.63, 3.8) is 0 Å². The van der Waals surface area contributed by atoms with Gasteiger partial charge in [0.2, 0.25) is 0 Å². The number of carbonyl (C=O) groups is 1. The SMILES string of the molecule is CN(Cc1c(F)cccc1Cl)C(=O)NCC1CCS(=O)(=O)C1. The molecule has 0 saturated carbocycles. The number of benzene rings is 1. The molecule has 22 heavy (non-hydrogen) atoms. The molecule has 8 heteroatoms. The fourth-order valence-electron chi connectivity index (χ4n) is 2.39. The van der Waals surface area contributed by atoms with Gasteiger partial charge in [0, 0.05) is 24.2 Å². The molecule has 0 aromatic heterocycles. The summed E-state index contributed by atoms with van der Waals surface area (Å²) in [6, 6.07) is 3.97. The van der Waals surface area contributed by atoms with Crippen molar-refractivity contribution in [3.8, 4) is 0 Å². The molecule has 1 fully saturated rings. The first-order valence-corrected chi connectivity index (χ1v) is 9.11. The van der Waals surface area contributed by atoms with Gasteiger partial charge in [-0.25, -0.2) is 17.6 Å². The van der Waals surface area contributed by atoms with Crippen LogP contribution in [0, 0.1) is 11.7 Å². The Kier molecular flexibility index (Phi) is 5.28. The van der Waals surface area contributed by atoms with E-state index in [0.29, 0.717) is 13.0 Å². The van der Waals surface area contributed by atoms with Gasteiger partial charge in [-0.05, 0) is 24.5 Å². The Balaban J connectivity index is 1.87. The highest BCUT2D eigenvalue weighted by Crippen LogP contribution is 2.20. The van der Waals surface area contributed by atoms with Crippen LogP contribution in [0.5, 0.6) is 0 Å². The summed E-state index contributed by atoms with van der Waals surface area (Å²) in [5.41, 5.74) is 0.255. The molecular weight excluding hydrogens is 331 g/mol. The number of amides is 2. The van der Waals surface area contributed by atoms with Crippen molar-refractivity contribution in [2.24, 2.45) is 5.92 Å². The van der Waals surface area contributed by atoms with Crippen LogP contribution < -0.4 is 5.32 Å². The lowest BCUT2D eigenvalue weighted by Crippen LogP contribution is -2.39. The predicted molar refractivity (Wildman–Crippen MR) is 83.0 cm³/mol. The van der Waals surface area contributed by atoms with Crippen molar-refractivity contribution in [2.75, 3.05) is 25.1 Å². The molecule has 1 aliphatic rings. The fourth-order valence-corrected chi connectivity index (χ4v) is 4.48. The number of nitrogens with one attached hydrogen (secondary N) is 1. The summed E-state index contributed by atoms with van der Waals surface area (Å²) < 4.78 is 36.4. The molecule has 0 spiro atoms. The summed E-state index contributed by atoms with van der Waals surface area (Å²) in [6.07, 6.45) is 0.561. The first-order valence-electron chi connectivity index (χ1n) is 6.91. The van der Waals surface area contributed by atoms with Crippen LogP contribution in [0.25, 0.3) is 0 Å². The minimum atomic E-state index is -2.96. The van der Waals surface area contributed by atoms with Crippen LogP contribution in [0.15, 0.2) is 18.2 Å². The van der Waals surface area contributed by atoms with Crippen LogP contribution in [-0.2, 0) is 16.4 Å². The molecule has 1 aliphatic heterocycles. The molecule has 0 bridgehead atoms. The maximum atomic E-state index is 13.7. The molecule has 5 nitrogen and oxygen atoms in total. The van der Waals surface area contributed by atoms with E-state index in [4.69, 9.17) is 11.6 Å². The number of halogens is 2. The maximum absolute atomic E-state index is 13.7. The van der Waals surface area contributed by atoms with Gasteiger partial charge in [0.1, 0.15) is 5.82 Å². The molecule has 2 amide bonds. The highest BCUT2D eigenvalue weighted by Gasteiger charge is 2.28. The van der Waals surface area contributed by atoms with Gasteiger partial charge in [-0.2, -0.15) is 0 Å². The second kappa shape index (κ2) is 6.83. The third-order valence-corrected chi connectivity index (χ3v) is 5.86. The van der Waals surface area contributed by atoms with Crippen molar-refractivity contribution in [1.82, 2.24) is 10.2 Å². The molecule has 1 atom stereocenters. The Morgan fingerprint density at radius 3 is 2.82 bits per heavy atom. The van der Waals surface area contributed by atoms with Gasteiger partial charge < -0.3 is 10.2 Å². The molecule has 1 N–H and O–H groups in total. The van der Waals surface area contributed by atoms with Gasteiger partial charge in [-0.1, -0.05) is 17.7 Å². The molecule has 122 valence electrons. The van der Waals surface area contributed by atoms with E-state index >= 15 is 0 Å². The zero-order valence-corrected chi connectivity index (χ0v) is 13.8. The number of urea groups is 1. The van der Waals surface area contributed by atoms with Gasteiger partial charge in [0.05, 0.1) is 18.1 Å². The fraction of sp³-hybridized carbons (Fsp3) is 0.500. The molecule has 0 radical (unpaired) electrons. The van der Waals surface area contributed by atoms with E-state index in [2.05, 4.69) is 5.32 Å². The standard InChI is InChI=1S/C14H18ClFN2O3S/c1-18(8-11-12(15)3-2-4-13(11)16)14(19)17-7-10-5-6-22(20,21)9-10/h2-4,10H,5-9H2,1H3,(H,17,19). The Bertz CT molecular complexity index is 646. The van der Waals surface area contributed by atoms with Gasteiger partial charge in [0.25, 0.3) is 0 Å². The van der Waals surface area contributed by atoms with Crippen molar-refractivity contribution in [3.05, 3.63) is 34.6 Å². The van der Waals surface area contributed by atoms with Crippen LogP contribution in [-0.4, -0.2) is 44.4 Å². The molecular formula is C14H18ClFN2O3S. The third-order valence-electron chi connectivity index (χ3n) is 3.67. The Morgan fingerprint density at radius 2 is 2.23 bits per heavy atom. The quantitative estimate of drug-likeness (QED) is 0.905.